The van der Waals surface area contributed by atoms with Crippen molar-refractivity contribution in [1.29, 1.82) is 0 Å². The Kier molecular flexibility index (Phi) is 7.87. The number of aliphatic carboxylic acids is 1. The summed E-state index contributed by atoms with van der Waals surface area (Å²) in [6, 6.07) is 15.8. The predicted molar refractivity (Wildman–Crippen MR) is 99.7 cm³/mol. The van der Waals surface area contributed by atoms with Crippen LogP contribution in [0.5, 0.6) is 5.75 Å². The first kappa shape index (κ1) is 20.0. The fourth-order valence-electron chi connectivity index (χ4n) is 2.36. The molecule has 2 aromatic carbocycles. The lowest BCUT2D eigenvalue weighted by atomic mass is 10.0. The second-order valence-electron chi connectivity index (χ2n) is 5.47. The number of aliphatic hydroxyl groups is 1. The highest BCUT2D eigenvalue weighted by Gasteiger charge is 2.20. The smallest absolute Gasteiger partial charge is 0.412 e. The average molecular weight is 371 g/mol. The minimum atomic E-state index is -1.09. The van der Waals surface area contributed by atoms with Gasteiger partial charge in [-0.05, 0) is 18.2 Å². The highest BCUT2D eigenvalue weighted by atomic mass is 16.6. The number of benzene rings is 2. The van der Waals surface area contributed by atoms with Crippen LogP contribution >= 0.6 is 0 Å². The van der Waals surface area contributed by atoms with E-state index in [4.69, 9.17) is 19.7 Å². The molecule has 0 heterocycles. The number of hydrogen-bond acceptors (Lipinski definition) is 5. The Balaban J connectivity index is 2.18. The van der Waals surface area contributed by atoms with Crippen LogP contribution in [-0.2, 0) is 9.53 Å². The van der Waals surface area contributed by atoms with Crippen LogP contribution in [0.25, 0.3) is 0 Å². The lowest BCUT2D eigenvalue weighted by molar-refractivity contribution is -0.131. The van der Waals surface area contributed by atoms with Crippen molar-refractivity contribution in [3.63, 3.8) is 0 Å². The van der Waals surface area contributed by atoms with Crippen molar-refractivity contribution >= 4 is 17.7 Å². The van der Waals surface area contributed by atoms with E-state index in [1.807, 2.05) is 6.07 Å². The number of anilines is 1. The molecule has 3 N–H and O–H groups in total. The molecule has 142 valence electrons. The van der Waals surface area contributed by atoms with Crippen LogP contribution in [0.3, 0.4) is 0 Å². The van der Waals surface area contributed by atoms with Crippen molar-refractivity contribution in [2.24, 2.45) is 0 Å². The van der Waals surface area contributed by atoms with Crippen molar-refractivity contribution in [3.8, 4) is 5.75 Å². The first-order valence-corrected chi connectivity index (χ1v) is 8.35. The SMILES string of the molecule is O=C(O)/C=C/C[C@@H](OC(=O)Nc1ccccc1)c1ccccc1OCCO. The van der Waals surface area contributed by atoms with Gasteiger partial charge in [-0.25, -0.2) is 9.59 Å². The first-order valence-electron chi connectivity index (χ1n) is 8.35. The van der Waals surface area contributed by atoms with Gasteiger partial charge in [0, 0.05) is 23.7 Å². The monoisotopic (exact) mass is 371 g/mol. The standard InChI is InChI=1S/C20H21NO6/c22-13-14-26-17-10-5-4-9-16(17)18(11-6-12-19(23)24)27-20(25)21-15-7-2-1-3-8-15/h1-10,12,18,22H,11,13-14H2,(H,21,25)(H,23,24)/b12-6+/t18-/m1/s1. The van der Waals surface area contributed by atoms with Crippen molar-refractivity contribution in [3.05, 3.63) is 72.3 Å². The molecule has 0 unspecified atom stereocenters. The van der Waals surface area contributed by atoms with E-state index in [-0.39, 0.29) is 19.6 Å². The van der Waals surface area contributed by atoms with E-state index in [0.29, 0.717) is 17.0 Å². The third-order valence-corrected chi connectivity index (χ3v) is 3.49. The van der Waals surface area contributed by atoms with Gasteiger partial charge in [-0.1, -0.05) is 42.5 Å². The molecule has 2 rings (SSSR count). The van der Waals surface area contributed by atoms with Crippen LogP contribution in [0.1, 0.15) is 18.1 Å². The molecule has 0 fully saturated rings. The van der Waals surface area contributed by atoms with Crippen LogP contribution in [0, 0.1) is 0 Å². The van der Waals surface area contributed by atoms with Gasteiger partial charge < -0.3 is 19.7 Å². The predicted octanol–water partition coefficient (Wildman–Crippen LogP) is 3.38. The van der Waals surface area contributed by atoms with Gasteiger partial charge in [-0.3, -0.25) is 5.32 Å². The van der Waals surface area contributed by atoms with Gasteiger partial charge in [-0.2, -0.15) is 0 Å². The Hall–Kier alpha value is -3.32. The number of ether oxygens (including phenoxy) is 2. The molecule has 1 amide bonds. The molecular weight excluding hydrogens is 350 g/mol. The summed E-state index contributed by atoms with van der Waals surface area (Å²) in [5, 5.41) is 20.4. The fourth-order valence-corrected chi connectivity index (χ4v) is 2.36. The Morgan fingerprint density at radius 3 is 2.48 bits per heavy atom. The van der Waals surface area contributed by atoms with E-state index < -0.39 is 18.2 Å². The number of para-hydroxylation sites is 2. The number of carboxylic acid groups (broad SMARTS) is 1. The number of carboxylic acids is 1. The summed E-state index contributed by atoms with van der Waals surface area (Å²) in [7, 11) is 0. The summed E-state index contributed by atoms with van der Waals surface area (Å²) in [5.74, 6) is -0.639. The lowest BCUT2D eigenvalue weighted by Gasteiger charge is -2.20. The summed E-state index contributed by atoms with van der Waals surface area (Å²) < 4.78 is 11.0. The van der Waals surface area contributed by atoms with Gasteiger partial charge in [0.25, 0.3) is 0 Å². The molecule has 27 heavy (non-hydrogen) atoms. The molecule has 0 saturated carbocycles. The molecule has 0 spiro atoms. The Labute approximate surface area is 156 Å². The molecule has 0 radical (unpaired) electrons. The molecule has 0 aliphatic heterocycles. The van der Waals surface area contributed by atoms with Crippen LogP contribution in [0.2, 0.25) is 0 Å². The fraction of sp³-hybridized carbons (Fsp3) is 0.200. The normalized spacial score (nSPS) is 11.7. The van der Waals surface area contributed by atoms with Crippen LogP contribution in [0.15, 0.2) is 66.7 Å². The molecule has 0 aliphatic carbocycles. The second-order valence-corrected chi connectivity index (χ2v) is 5.47. The molecular formula is C20H21NO6. The quantitative estimate of drug-likeness (QED) is 0.584. The van der Waals surface area contributed by atoms with Gasteiger partial charge in [0.05, 0.1) is 6.61 Å². The second kappa shape index (κ2) is 10.6. The van der Waals surface area contributed by atoms with E-state index in [1.165, 1.54) is 6.08 Å². The third kappa shape index (κ3) is 6.83. The minimum Gasteiger partial charge on any atom is -0.491 e. The highest BCUT2D eigenvalue weighted by Crippen LogP contribution is 2.31. The van der Waals surface area contributed by atoms with Gasteiger partial charge in [0.1, 0.15) is 18.5 Å². The van der Waals surface area contributed by atoms with E-state index >= 15 is 0 Å². The summed E-state index contributed by atoms with van der Waals surface area (Å²) in [6.45, 7) is -0.0713. The van der Waals surface area contributed by atoms with Gasteiger partial charge in [0.15, 0.2) is 0 Å². The van der Waals surface area contributed by atoms with E-state index in [2.05, 4.69) is 5.32 Å². The van der Waals surface area contributed by atoms with Crippen molar-refractivity contribution in [2.75, 3.05) is 18.5 Å². The number of carbonyl (C=O) groups is 2. The number of hydrogen-bond donors (Lipinski definition) is 3. The largest absolute Gasteiger partial charge is 0.491 e. The molecule has 1 atom stereocenters. The van der Waals surface area contributed by atoms with Crippen LogP contribution < -0.4 is 10.1 Å². The zero-order valence-corrected chi connectivity index (χ0v) is 14.6. The van der Waals surface area contributed by atoms with Crippen molar-refractivity contribution in [2.45, 2.75) is 12.5 Å². The Morgan fingerprint density at radius 1 is 1.07 bits per heavy atom. The van der Waals surface area contributed by atoms with Gasteiger partial charge in [0.2, 0.25) is 0 Å². The van der Waals surface area contributed by atoms with Crippen molar-refractivity contribution < 1.29 is 29.3 Å². The van der Waals surface area contributed by atoms with E-state index in [1.54, 1.807) is 48.5 Å². The third-order valence-electron chi connectivity index (χ3n) is 3.49. The minimum absolute atomic E-state index is 0.0882. The molecule has 0 aromatic heterocycles. The van der Waals surface area contributed by atoms with Crippen LogP contribution in [0.4, 0.5) is 10.5 Å². The number of nitrogens with one attached hydrogen (secondary N) is 1. The molecule has 2 aromatic rings. The van der Waals surface area contributed by atoms with Gasteiger partial charge in [-0.15, -0.1) is 0 Å². The lowest BCUT2D eigenvalue weighted by Crippen LogP contribution is -2.18. The number of rotatable bonds is 9. The van der Waals surface area contributed by atoms with E-state index in [9.17, 15) is 9.59 Å². The molecule has 0 aliphatic rings. The molecule has 7 nitrogen and oxygen atoms in total. The average Bonchev–Trinajstić information content (AvgIpc) is 2.66. The highest BCUT2D eigenvalue weighted by molar-refractivity contribution is 5.84. The van der Waals surface area contributed by atoms with Gasteiger partial charge >= 0.3 is 12.1 Å². The van der Waals surface area contributed by atoms with Crippen molar-refractivity contribution in [1.82, 2.24) is 0 Å². The topological polar surface area (TPSA) is 105 Å². The number of carbonyl (C=O) groups excluding carboxylic acids is 1. The van der Waals surface area contributed by atoms with Crippen LogP contribution in [-0.4, -0.2) is 35.5 Å². The maximum absolute atomic E-state index is 12.3. The first-order chi connectivity index (χ1) is 13.1. The molecule has 0 bridgehead atoms. The molecule has 0 saturated heterocycles. The Morgan fingerprint density at radius 2 is 1.78 bits per heavy atom. The van der Waals surface area contributed by atoms with E-state index in [0.717, 1.165) is 6.08 Å². The summed E-state index contributed by atoms with van der Waals surface area (Å²) in [6.07, 6.45) is 1.11. The summed E-state index contributed by atoms with van der Waals surface area (Å²) in [5.41, 5.74) is 1.15. The summed E-state index contributed by atoms with van der Waals surface area (Å²) >= 11 is 0. The zero-order chi connectivity index (χ0) is 19.5. The number of amides is 1. The zero-order valence-electron chi connectivity index (χ0n) is 14.6. The maximum Gasteiger partial charge on any atom is 0.412 e. The summed E-state index contributed by atoms with van der Waals surface area (Å²) in [4.78, 5) is 23.0. The number of aliphatic hydroxyl groups excluding tert-OH is 1. The molecule has 7 heteroatoms. The Bertz CT molecular complexity index is 775. The maximum atomic E-state index is 12.3.